The molecule has 0 amide bonds. The van der Waals surface area contributed by atoms with Gasteiger partial charge in [0.2, 0.25) is 0 Å². The molecule has 0 saturated heterocycles. The van der Waals surface area contributed by atoms with Crippen molar-refractivity contribution in [1.29, 1.82) is 0 Å². The number of allylic oxidation sites excluding steroid dienone is 4. The summed E-state index contributed by atoms with van der Waals surface area (Å²) in [5, 5.41) is 0. The van der Waals surface area contributed by atoms with E-state index in [4.69, 9.17) is 15.0 Å². The highest BCUT2D eigenvalue weighted by Gasteiger charge is 2.57. The first-order chi connectivity index (χ1) is 34.2. The van der Waals surface area contributed by atoms with Crippen LogP contribution in [0.3, 0.4) is 0 Å². The molecule has 69 heavy (non-hydrogen) atoms. The molecule has 9 aromatic carbocycles. The summed E-state index contributed by atoms with van der Waals surface area (Å²) in [7, 11) is 0. The van der Waals surface area contributed by atoms with Crippen molar-refractivity contribution < 1.29 is 0 Å². The zero-order valence-electron chi connectivity index (χ0n) is 37.7. The van der Waals surface area contributed by atoms with Crippen molar-refractivity contribution in [1.82, 2.24) is 15.0 Å². The molecule has 5 heteroatoms. The summed E-state index contributed by atoms with van der Waals surface area (Å²) < 4.78 is 0. The molecule has 1 spiro atoms. The number of benzene rings is 9. The molecule has 3 atom stereocenters. The summed E-state index contributed by atoms with van der Waals surface area (Å²) in [5.41, 5.74) is 16.7. The van der Waals surface area contributed by atoms with Gasteiger partial charge in [0.05, 0.1) is 5.41 Å². The van der Waals surface area contributed by atoms with Crippen molar-refractivity contribution in [2.45, 2.75) is 11.3 Å². The third-order valence-corrected chi connectivity index (χ3v) is 14.2. The number of rotatable bonds is 9. The first-order valence-corrected chi connectivity index (χ1v) is 23.7. The maximum Gasteiger partial charge on any atom is 0.164 e. The van der Waals surface area contributed by atoms with Crippen LogP contribution in [0.1, 0.15) is 28.2 Å². The van der Waals surface area contributed by atoms with Crippen LogP contribution in [0.25, 0.3) is 45.3 Å². The standard InChI is InChI=1S/C64H45N5/c1-5-19-47(20-6-1)68(48-21-7-2-8-22-48)51-38-33-44(34-39-51)61-65-62(45-35-40-52(41-36-45)69(49-23-9-3-10-24-49)50-25-11-4-12-26-50)67-63(66-61)46-37-42-56-55-29-15-18-32-59(55)64(60(56)43-46)57-30-16-13-27-53(57)54-28-14-17-31-58(54)64/h1-43,53,57H. The van der Waals surface area contributed by atoms with Crippen LogP contribution in [0.5, 0.6) is 0 Å². The zero-order chi connectivity index (χ0) is 45.7. The van der Waals surface area contributed by atoms with Gasteiger partial charge in [0.1, 0.15) is 0 Å². The second-order valence-corrected chi connectivity index (χ2v) is 17.9. The highest BCUT2D eigenvalue weighted by molar-refractivity contribution is 5.88. The van der Waals surface area contributed by atoms with E-state index in [1.807, 2.05) is 0 Å². The lowest BCUT2D eigenvalue weighted by atomic mass is 9.65. The smallest absolute Gasteiger partial charge is 0.164 e. The van der Waals surface area contributed by atoms with Crippen LogP contribution < -0.4 is 9.80 Å². The molecule has 1 aromatic heterocycles. The fraction of sp³-hybridized carbons (Fsp3) is 0.0469. The lowest BCUT2D eigenvalue weighted by Gasteiger charge is -2.36. The third-order valence-electron chi connectivity index (χ3n) is 14.2. The molecule has 0 radical (unpaired) electrons. The second kappa shape index (κ2) is 16.7. The minimum Gasteiger partial charge on any atom is -0.311 e. The molecular weight excluding hydrogens is 839 g/mol. The molecule has 13 rings (SSSR count). The fourth-order valence-corrected chi connectivity index (χ4v) is 11.2. The molecule has 326 valence electrons. The maximum atomic E-state index is 5.36. The lowest BCUT2D eigenvalue weighted by molar-refractivity contribution is 0.465. The first-order valence-electron chi connectivity index (χ1n) is 23.7. The van der Waals surface area contributed by atoms with Gasteiger partial charge < -0.3 is 9.80 Å². The minimum absolute atomic E-state index is 0.219. The number of anilines is 6. The van der Waals surface area contributed by atoms with Gasteiger partial charge in [-0.25, -0.2) is 15.0 Å². The van der Waals surface area contributed by atoms with Crippen molar-refractivity contribution in [2.24, 2.45) is 5.92 Å². The molecule has 0 saturated carbocycles. The Morgan fingerprint density at radius 1 is 0.319 bits per heavy atom. The van der Waals surface area contributed by atoms with Crippen molar-refractivity contribution in [3.8, 4) is 45.3 Å². The Balaban J connectivity index is 0.962. The van der Waals surface area contributed by atoms with E-state index >= 15 is 0 Å². The minimum atomic E-state index is -0.373. The fourth-order valence-electron chi connectivity index (χ4n) is 11.2. The number of aromatic nitrogens is 3. The largest absolute Gasteiger partial charge is 0.311 e. The summed E-state index contributed by atoms with van der Waals surface area (Å²) in [4.78, 5) is 20.5. The monoisotopic (exact) mass is 883 g/mol. The van der Waals surface area contributed by atoms with Crippen LogP contribution in [0.4, 0.5) is 34.1 Å². The van der Waals surface area contributed by atoms with Gasteiger partial charge >= 0.3 is 0 Å². The van der Waals surface area contributed by atoms with Gasteiger partial charge in [-0.2, -0.15) is 0 Å². The Bertz CT molecular complexity index is 3330. The number of hydrogen-bond donors (Lipinski definition) is 0. The van der Waals surface area contributed by atoms with Crippen LogP contribution in [0.2, 0.25) is 0 Å². The number of para-hydroxylation sites is 4. The summed E-state index contributed by atoms with van der Waals surface area (Å²) in [6.07, 6.45) is 9.27. The average molecular weight is 884 g/mol. The molecule has 3 unspecified atom stereocenters. The van der Waals surface area contributed by atoms with Gasteiger partial charge in [0, 0.05) is 62.7 Å². The van der Waals surface area contributed by atoms with Gasteiger partial charge in [-0.1, -0.05) is 158 Å². The molecule has 0 aliphatic heterocycles. The van der Waals surface area contributed by atoms with Crippen LogP contribution in [0, 0.1) is 5.92 Å². The predicted octanol–water partition coefficient (Wildman–Crippen LogP) is 16.0. The van der Waals surface area contributed by atoms with Crippen LogP contribution in [-0.2, 0) is 5.41 Å². The van der Waals surface area contributed by atoms with E-state index in [1.54, 1.807) is 0 Å². The third kappa shape index (κ3) is 6.73. The molecular formula is C64H45N5. The second-order valence-electron chi connectivity index (χ2n) is 17.9. The normalized spacial score (nSPS) is 16.9. The van der Waals surface area contributed by atoms with Crippen molar-refractivity contribution in [2.75, 3.05) is 9.80 Å². The van der Waals surface area contributed by atoms with E-state index in [9.17, 15) is 0 Å². The van der Waals surface area contributed by atoms with E-state index in [0.29, 0.717) is 17.5 Å². The van der Waals surface area contributed by atoms with Crippen molar-refractivity contribution in [3.63, 3.8) is 0 Å². The van der Waals surface area contributed by atoms with Crippen LogP contribution in [-0.4, -0.2) is 15.0 Å². The molecule has 5 nitrogen and oxygen atoms in total. The molecule has 0 N–H and O–H groups in total. The summed E-state index contributed by atoms with van der Waals surface area (Å²) in [6, 6.07) is 84.0. The lowest BCUT2D eigenvalue weighted by Crippen LogP contribution is -2.33. The molecule has 10 aromatic rings. The molecule has 0 fully saturated rings. The summed E-state index contributed by atoms with van der Waals surface area (Å²) >= 11 is 0. The Morgan fingerprint density at radius 2 is 0.710 bits per heavy atom. The van der Waals surface area contributed by atoms with Gasteiger partial charge in [0.25, 0.3) is 0 Å². The molecule has 1 heterocycles. The van der Waals surface area contributed by atoms with E-state index in [0.717, 1.165) is 50.8 Å². The van der Waals surface area contributed by atoms with E-state index in [1.165, 1.54) is 33.4 Å². The average Bonchev–Trinajstić information content (AvgIpc) is 3.90. The van der Waals surface area contributed by atoms with E-state index in [2.05, 4.69) is 271 Å². The molecule has 3 aliphatic rings. The number of nitrogens with zero attached hydrogens (tertiary/aromatic N) is 5. The highest BCUT2D eigenvalue weighted by atomic mass is 15.1. The summed E-state index contributed by atoms with van der Waals surface area (Å²) in [5.74, 6) is 2.34. The van der Waals surface area contributed by atoms with Gasteiger partial charge in [-0.05, 0) is 137 Å². The van der Waals surface area contributed by atoms with Gasteiger partial charge in [-0.3, -0.25) is 0 Å². The molecule has 3 aliphatic carbocycles. The Labute approximate surface area is 402 Å². The topological polar surface area (TPSA) is 45.2 Å². The van der Waals surface area contributed by atoms with Crippen LogP contribution in [0.15, 0.2) is 261 Å². The number of fused-ring (bicyclic) bond motifs is 10. The zero-order valence-corrected chi connectivity index (χ0v) is 37.7. The number of hydrogen-bond acceptors (Lipinski definition) is 5. The van der Waals surface area contributed by atoms with E-state index < -0.39 is 0 Å². The first kappa shape index (κ1) is 40.4. The highest BCUT2D eigenvalue weighted by Crippen LogP contribution is 2.65. The van der Waals surface area contributed by atoms with Gasteiger partial charge in [-0.15, -0.1) is 0 Å². The summed E-state index contributed by atoms with van der Waals surface area (Å²) in [6.45, 7) is 0. The van der Waals surface area contributed by atoms with Crippen molar-refractivity contribution in [3.05, 3.63) is 283 Å². The van der Waals surface area contributed by atoms with Crippen LogP contribution >= 0.6 is 0 Å². The van der Waals surface area contributed by atoms with Crippen molar-refractivity contribution >= 4 is 34.1 Å². The molecule has 0 bridgehead atoms. The maximum absolute atomic E-state index is 5.36. The Hall–Kier alpha value is -8.93. The van der Waals surface area contributed by atoms with Gasteiger partial charge in [0.15, 0.2) is 17.5 Å². The Kier molecular flexibility index (Phi) is 9.79. The van der Waals surface area contributed by atoms with E-state index in [-0.39, 0.29) is 17.3 Å². The quantitative estimate of drug-likeness (QED) is 0.144. The SMILES string of the molecule is C1=CC2c3ccccc3C3(c4ccccc4-c4ccc(-c5nc(-c6ccc(N(c7ccccc7)c7ccccc7)cc6)nc(-c6ccc(N(c7ccccc7)c7ccccc7)cc6)n5)cc43)C2C=C1. The predicted molar refractivity (Wildman–Crippen MR) is 282 cm³/mol. The Morgan fingerprint density at radius 3 is 1.23 bits per heavy atom.